The van der Waals surface area contributed by atoms with Gasteiger partial charge in [-0.1, -0.05) is 12.1 Å². The molecular weight excluding hydrogens is 196 g/mol. The van der Waals surface area contributed by atoms with Gasteiger partial charge in [0.05, 0.1) is 6.04 Å². The maximum Gasteiger partial charge on any atom is 0.315 e. The van der Waals surface area contributed by atoms with Crippen LogP contribution in [0.5, 0.6) is 0 Å². The van der Waals surface area contributed by atoms with Gasteiger partial charge in [-0.2, -0.15) is 0 Å². The Hall–Kier alpha value is -1.46. The predicted molar refractivity (Wildman–Crippen MR) is 58.9 cm³/mol. The molecule has 0 rings (SSSR count). The van der Waals surface area contributed by atoms with Crippen LogP contribution in [-0.4, -0.2) is 28.7 Å². The fourth-order valence-corrected chi connectivity index (χ4v) is 0.990. The number of carbonyl (C=O) groups excluding carboxylic acids is 1. The van der Waals surface area contributed by atoms with Crippen molar-refractivity contribution in [3.8, 4) is 0 Å². The molecule has 6 heteroatoms. The first kappa shape index (κ1) is 13.5. The molecule has 1 atom stereocenters. The normalized spacial score (nSPS) is 14.5. The van der Waals surface area contributed by atoms with Crippen molar-refractivity contribution < 1.29 is 10.0 Å². The number of rotatable bonds is 3. The molecule has 0 spiro atoms. The molecule has 0 bridgehead atoms. The highest BCUT2D eigenvalue weighted by molar-refractivity contribution is 5.89. The fourth-order valence-electron chi connectivity index (χ4n) is 0.990. The molecule has 0 aromatic carbocycles. The lowest BCUT2D eigenvalue weighted by Gasteiger charge is -2.23. The lowest BCUT2D eigenvalue weighted by molar-refractivity contribution is 0.230. The van der Waals surface area contributed by atoms with Gasteiger partial charge in [-0.05, 0) is 27.2 Å². The molecule has 0 heterocycles. The summed E-state index contributed by atoms with van der Waals surface area (Å²) >= 11 is 0. The molecule has 0 fully saturated rings. The summed E-state index contributed by atoms with van der Waals surface area (Å²) < 4.78 is 0. The Bertz CT molecular complexity index is 245. The topological polar surface area (TPSA) is 99.7 Å². The van der Waals surface area contributed by atoms with Gasteiger partial charge < -0.3 is 21.6 Å². The zero-order valence-electron chi connectivity index (χ0n) is 9.66. The van der Waals surface area contributed by atoms with Crippen LogP contribution in [0.15, 0.2) is 5.16 Å². The Morgan fingerprint density at radius 3 is 2.40 bits per heavy atom. The first-order chi connectivity index (χ1) is 6.80. The lowest BCUT2D eigenvalue weighted by atomic mass is 10.1. The van der Waals surface area contributed by atoms with Crippen LogP contribution in [0.25, 0.3) is 0 Å². The lowest BCUT2D eigenvalue weighted by Crippen LogP contribution is -2.52. The number of hydrogen-bond acceptors (Lipinski definition) is 3. The molecule has 0 saturated heterocycles. The van der Waals surface area contributed by atoms with Crippen LogP contribution in [0.4, 0.5) is 4.79 Å². The summed E-state index contributed by atoms with van der Waals surface area (Å²) in [6, 6.07) is -0.779. The second-order valence-corrected chi connectivity index (χ2v) is 4.33. The number of hydrogen-bond donors (Lipinski definition) is 4. The Balaban J connectivity index is 4.26. The van der Waals surface area contributed by atoms with E-state index in [0.29, 0.717) is 6.42 Å². The van der Waals surface area contributed by atoms with Gasteiger partial charge in [0.1, 0.15) is 0 Å². The number of carbonyl (C=O) groups is 1. The third-order valence-electron chi connectivity index (χ3n) is 1.67. The monoisotopic (exact) mass is 216 g/mol. The van der Waals surface area contributed by atoms with Crippen molar-refractivity contribution in [1.29, 1.82) is 0 Å². The molecule has 2 amide bonds. The Morgan fingerprint density at radius 1 is 1.53 bits per heavy atom. The van der Waals surface area contributed by atoms with E-state index in [4.69, 9.17) is 10.9 Å². The quantitative estimate of drug-likeness (QED) is 0.241. The van der Waals surface area contributed by atoms with E-state index in [0.717, 1.165) is 0 Å². The molecule has 5 N–H and O–H groups in total. The van der Waals surface area contributed by atoms with E-state index in [1.807, 2.05) is 27.7 Å². The smallest absolute Gasteiger partial charge is 0.315 e. The van der Waals surface area contributed by atoms with Crippen molar-refractivity contribution >= 4 is 11.9 Å². The van der Waals surface area contributed by atoms with Gasteiger partial charge in [-0.25, -0.2) is 4.79 Å². The van der Waals surface area contributed by atoms with Crippen molar-refractivity contribution in [2.24, 2.45) is 10.9 Å². The van der Waals surface area contributed by atoms with Crippen LogP contribution in [0.2, 0.25) is 0 Å². The van der Waals surface area contributed by atoms with E-state index in [1.165, 1.54) is 0 Å². The molecule has 0 aromatic heterocycles. The summed E-state index contributed by atoms with van der Waals surface area (Å²) in [5.41, 5.74) is 5.09. The first-order valence-electron chi connectivity index (χ1n) is 4.86. The van der Waals surface area contributed by atoms with E-state index in [1.54, 1.807) is 0 Å². The molecule has 88 valence electrons. The van der Waals surface area contributed by atoms with Crippen molar-refractivity contribution in [3.05, 3.63) is 0 Å². The Kier molecular flexibility index (Phi) is 4.90. The van der Waals surface area contributed by atoms with Gasteiger partial charge in [0, 0.05) is 5.54 Å². The summed E-state index contributed by atoms with van der Waals surface area (Å²) in [6.45, 7) is 7.45. The number of nitrogens with one attached hydrogen (secondary N) is 2. The Labute approximate surface area is 89.9 Å². The molecule has 0 aromatic rings. The number of oxime groups is 1. The van der Waals surface area contributed by atoms with Gasteiger partial charge in [0.2, 0.25) is 0 Å². The molecule has 0 aliphatic rings. The van der Waals surface area contributed by atoms with Crippen molar-refractivity contribution in [2.45, 2.75) is 45.7 Å². The molecular formula is C9H20N4O2. The molecule has 0 saturated carbocycles. The maximum atomic E-state index is 11.4. The highest BCUT2D eigenvalue weighted by atomic mass is 16.4. The van der Waals surface area contributed by atoms with Gasteiger partial charge >= 0.3 is 6.03 Å². The molecule has 1 unspecified atom stereocenters. The number of nitrogens with zero attached hydrogens (tertiary/aromatic N) is 1. The third kappa shape index (κ3) is 5.77. The average molecular weight is 216 g/mol. The zero-order valence-corrected chi connectivity index (χ0v) is 9.66. The van der Waals surface area contributed by atoms with Gasteiger partial charge in [0.15, 0.2) is 5.84 Å². The van der Waals surface area contributed by atoms with Crippen LogP contribution in [0.1, 0.15) is 34.1 Å². The SMILES string of the molecule is CCC(NC(=O)NC(C)(C)C)/C(N)=N/O. The Morgan fingerprint density at radius 2 is 2.07 bits per heavy atom. The number of urea groups is 1. The standard InChI is InChI=1S/C9H20N4O2/c1-5-6(7(10)13-15)11-8(14)12-9(2,3)4/h6,15H,5H2,1-4H3,(H2,10,13)(H2,11,12,14). The molecule has 0 aliphatic carbocycles. The second-order valence-electron chi connectivity index (χ2n) is 4.33. The van der Waals surface area contributed by atoms with Gasteiger partial charge in [-0.15, -0.1) is 0 Å². The van der Waals surface area contributed by atoms with E-state index < -0.39 is 6.04 Å². The highest BCUT2D eigenvalue weighted by Gasteiger charge is 2.18. The zero-order chi connectivity index (χ0) is 12.1. The van der Waals surface area contributed by atoms with Crippen LogP contribution in [0.3, 0.4) is 0 Å². The summed E-state index contributed by atoms with van der Waals surface area (Å²) in [6.07, 6.45) is 0.563. The largest absolute Gasteiger partial charge is 0.409 e. The van der Waals surface area contributed by atoms with Crippen molar-refractivity contribution in [1.82, 2.24) is 10.6 Å². The number of amidine groups is 1. The minimum Gasteiger partial charge on any atom is -0.409 e. The van der Waals surface area contributed by atoms with Gasteiger partial charge in [0.25, 0.3) is 0 Å². The van der Waals surface area contributed by atoms with Crippen molar-refractivity contribution in [3.63, 3.8) is 0 Å². The van der Waals surface area contributed by atoms with Crippen molar-refractivity contribution in [2.75, 3.05) is 0 Å². The molecule has 0 radical (unpaired) electrons. The second kappa shape index (κ2) is 5.43. The fraction of sp³-hybridized carbons (Fsp3) is 0.778. The first-order valence-corrected chi connectivity index (χ1v) is 4.86. The summed E-state index contributed by atoms with van der Waals surface area (Å²) in [7, 11) is 0. The van der Waals surface area contributed by atoms with Crippen LogP contribution < -0.4 is 16.4 Å². The maximum absolute atomic E-state index is 11.4. The number of nitrogens with two attached hydrogens (primary N) is 1. The minimum atomic E-state index is -0.447. The highest BCUT2D eigenvalue weighted by Crippen LogP contribution is 1.98. The number of amides is 2. The summed E-state index contributed by atoms with van der Waals surface area (Å²) in [4.78, 5) is 11.4. The predicted octanol–water partition coefficient (Wildman–Crippen LogP) is 0.609. The summed E-state index contributed by atoms with van der Waals surface area (Å²) in [5.74, 6) is 0.00144. The van der Waals surface area contributed by atoms with Crippen LogP contribution >= 0.6 is 0 Å². The van der Waals surface area contributed by atoms with E-state index >= 15 is 0 Å². The van der Waals surface area contributed by atoms with E-state index in [2.05, 4.69) is 15.8 Å². The van der Waals surface area contributed by atoms with Crippen LogP contribution in [-0.2, 0) is 0 Å². The molecule has 6 nitrogen and oxygen atoms in total. The van der Waals surface area contributed by atoms with E-state index in [9.17, 15) is 4.79 Å². The average Bonchev–Trinajstić information content (AvgIpc) is 2.10. The van der Waals surface area contributed by atoms with Gasteiger partial charge in [-0.3, -0.25) is 0 Å². The van der Waals surface area contributed by atoms with E-state index in [-0.39, 0.29) is 17.4 Å². The van der Waals surface area contributed by atoms with Crippen LogP contribution in [0, 0.1) is 0 Å². The minimum absolute atomic E-state index is 0.00144. The summed E-state index contributed by atoms with van der Waals surface area (Å²) in [5, 5.41) is 16.7. The third-order valence-corrected chi connectivity index (χ3v) is 1.67. The molecule has 0 aliphatic heterocycles. The molecule has 15 heavy (non-hydrogen) atoms.